The molecule has 0 aliphatic heterocycles. The zero-order chi connectivity index (χ0) is 4.28. The molecule has 0 fully saturated rings. The maximum Gasteiger partial charge on any atom is 0.309 e. The van der Waals surface area contributed by atoms with Gasteiger partial charge in [0.15, 0.2) is 1.41 Å². The van der Waals surface area contributed by atoms with E-state index in [4.69, 9.17) is 1.41 Å². The summed E-state index contributed by atoms with van der Waals surface area (Å²) in [4.78, 5) is 9.29. The first-order valence-electron chi connectivity index (χ1n) is 1.24. The normalized spacial score (nSPS) is 8.50. The zero-order valence-electron chi connectivity index (χ0n) is 2.99. The minimum absolute atomic E-state index is 0.829. The van der Waals surface area contributed by atoms with Crippen LogP contribution >= 0.6 is 0 Å². The summed E-state index contributed by atoms with van der Waals surface area (Å²) in [5, 5.41) is 0. The van der Waals surface area contributed by atoms with E-state index in [1.165, 1.54) is 5.73 Å². The minimum Gasteiger partial charge on any atom is -0.352 e. The third-order valence-corrected chi connectivity index (χ3v) is 0. The molecule has 0 saturated heterocycles. The Bertz CT molecular complexity index is 44.9. The predicted octanol–water partition coefficient (Wildman–Crippen LogP) is -0.976. The van der Waals surface area contributed by atoms with Crippen LogP contribution in [-0.2, 0) is 0 Å². The minimum atomic E-state index is -0.829. The van der Waals surface area contributed by atoms with Crippen LogP contribution in [0.4, 0.5) is 4.79 Å². The first-order chi connectivity index (χ1) is 2.27. The van der Waals surface area contributed by atoms with Gasteiger partial charge in [0.1, 0.15) is 0 Å². The Balaban J connectivity index is 2.85. The summed E-state index contributed by atoms with van der Waals surface area (Å²) in [6, 6.07) is -0.829. The summed E-state index contributed by atoms with van der Waals surface area (Å²) < 4.78 is 5.93. The summed E-state index contributed by atoms with van der Waals surface area (Å²) in [6.45, 7) is 0. The van der Waals surface area contributed by atoms with Crippen LogP contribution in [0.2, 0.25) is 1.41 Å². The summed E-state index contributed by atoms with van der Waals surface area (Å²) in [5.74, 6) is 0. The topological polar surface area (TPSA) is 69.1 Å². The highest BCUT2D eigenvalue weighted by Gasteiger charge is 1.60. The lowest BCUT2D eigenvalue weighted by Crippen LogP contribution is -2.18. The molecule has 0 unspecified atom stereocenters. The molecule has 2 amide bonds. The van der Waals surface area contributed by atoms with Gasteiger partial charge in [-0.15, -0.1) is 0 Å². The predicted molar refractivity (Wildman–Crippen MR) is 13.8 cm³/mol. The van der Waals surface area contributed by atoms with Crippen LogP contribution in [0.15, 0.2) is 0 Å². The van der Waals surface area contributed by atoms with E-state index < -0.39 is 6.03 Å². The fourth-order valence-electron chi connectivity index (χ4n) is 0. The average molecular weight is 61.1 g/mol. The van der Waals surface area contributed by atoms with Crippen LogP contribution in [-0.4, -0.2) is 6.03 Å². The Morgan fingerprint density at radius 1 is 2.25 bits per heavy atom. The number of carbonyl (C=O) groups is 1. The number of hydrogen-bond acceptors (Lipinski definition) is 1. The number of hydrogen-bond donors (Lipinski definition) is 2. The highest BCUT2D eigenvalue weighted by molar-refractivity contribution is 5.69. The van der Waals surface area contributed by atoms with Gasteiger partial charge >= 0.3 is 6.03 Å². The van der Waals surface area contributed by atoms with Crippen molar-refractivity contribution in [2.45, 2.75) is 0 Å². The molecule has 0 saturated carbocycles. The van der Waals surface area contributed by atoms with Crippen molar-refractivity contribution in [2.24, 2.45) is 11.5 Å². The molecule has 0 aromatic heterocycles. The van der Waals surface area contributed by atoms with Gasteiger partial charge in [0.2, 0.25) is 0 Å². The standard InChI is InChI=1S/CH4N2O/c2-1(3)4/h(H4,2,3,4)/i/hD. The van der Waals surface area contributed by atoms with Crippen LogP contribution in [0.5, 0.6) is 0 Å². The molecule has 4 heavy (non-hydrogen) atoms. The van der Waals surface area contributed by atoms with E-state index in [2.05, 4.69) is 5.73 Å². The summed E-state index contributed by atoms with van der Waals surface area (Å²) in [7, 11) is 0. The molecule has 0 aromatic carbocycles. The van der Waals surface area contributed by atoms with E-state index in [9.17, 15) is 4.79 Å². The molecule has 0 heterocycles. The number of nitrogens with two attached hydrogens (primary N) is 2. The first kappa shape index (κ1) is 1.58. The molecule has 0 aliphatic rings. The number of amides is 2. The lowest BCUT2D eigenvalue weighted by atomic mass is 11.2. The van der Waals surface area contributed by atoms with Crippen molar-refractivity contribution in [3.8, 4) is 0 Å². The smallest absolute Gasteiger partial charge is 0.309 e. The first-order valence-corrected chi connectivity index (χ1v) is 0.743. The van der Waals surface area contributed by atoms with Gasteiger partial charge in [-0.05, 0) is 0 Å². The highest BCUT2D eigenvalue weighted by atomic mass is 16.2. The maximum atomic E-state index is 9.29. The van der Waals surface area contributed by atoms with Crippen molar-refractivity contribution in [1.29, 1.82) is 0 Å². The van der Waals surface area contributed by atoms with Gasteiger partial charge in [-0.25, -0.2) is 4.79 Å². The highest BCUT2D eigenvalue weighted by Crippen LogP contribution is 1.25. The summed E-state index contributed by atoms with van der Waals surface area (Å²) in [6.07, 6.45) is 0. The number of primary amides is 2. The van der Waals surface area contributed by atoms with Crippen molar-refractivity contribution in [3.05, 3.63) is 0 Å². The van der Waals surface area contributed by atoms with Gasteiger partial charge in [-0.2, -0.15) is 0 Å². The fourth-order valence-corrected chi connectivity index (χ4v) is 0. The molecule has 3 nitrogen and oxygen atoms in total. The molecule has 3 heteroatoms. The fraction of sp³-hybridized carbons (Fsp3) is 0. The van der Waals surface area contributed by atoms with Gasteiger partial charge < -0.3 is 11.5 Å². The van der Waals surface area contributed by atoms with Crippen molar-refractivity contribution >= 4 is 6.03 Å². The Kier molecular flexibility index (Phi) is 0.280. The number of rotatable bonds is 0. The van der Waals surface area contributed by atoms with E-state index in [0.29, 0.717) is 0 Å². The molecular formula is CH4N2O. The van der Waals surface area contributed by atoms with Crippen LogP contribution in [0.25, 0.3) is 0 Å². The van der Waals surface area contributed by atoms with Crippen molar-refractivity contribution in [3.63, 3.8) is 0 Å². The zero-order valence-corrected chi connectivity index (χ0v) is 1.99. The number of urea groups is 1. The molecule has 0 rings (SSSR count). The Hall–Kier alpha value is -0.730. The van der Waals surface area contributed by atoms with E-state index >= 15 is 0 Å². The van der Waals surface area contributed by atoms with Crippen LogP contribution in [0, 0.1) is 0 Å². The Morgan fingerprint density at radius 2 is 2.50 bits per heavy atom. The van der Waals surface area contributed by atoms with E-state index in [0.717, 1.165) is 0 Å². The Labute approximate surface area is 25.0 Å². The second-order valence-electron chi connectivity index (χ2n) is 0.364. The second kappa shape index (κ2) is 0.711. The van der Waals surface area contributed by atoms with Crippen LogP contribution in [0.3, 0.4) is 0 Å². The molecule has 0 spiro atoms. The maximum absolute atomic E-state index is 9.29. The average Bonchev–Trinajstić information content (AvgIpc) is 1.38. The summed E-state index contributed by atoms with van der Waals surface area (Å²) >= 11 is 0. The van der Waals surface area contributed by atoms with Gasteiger partial charge in [0.05, 0.1) is 0 Å². The monoisotopic (exact) mass is 61.0 g/mol. The van der Waals surface area contributed by atoms with E-state index in [1.807, 2.05) is 0 Å². The Morgan fingerprint density at radius 3 is 2.50 bits per heavy atom. The third-order valence-electron chi connectivity index (χ3n) is 0. The quantitative estimate of drug-likeness (QED) is 0.371. The van der Waals surface area contributed by atoms with Crippen molar-refractivity contribution in [2.75, 3.05) is 0 Å². The van der Waals surface area contributed by atoms with E-state index in [1.54, 1.807) is 0 Å². The lowest BCUT2D eigenvalue weighted by molar-refractivity contribution is 0.256. The molecule has 4 N–H and O–H groups in total. The number of carbonyl (C=O) groups excluding carboxylic acids is 1. The van der Waals surface area contributed by atoms with Crippen molar-refractivity contribution < 1.29 is 6.21 Å². The SMILES string of the molecule is [2H]NC(N)=O. The van der Waals surface area contributed by atoms with Gasteiger partial charge in [0, 0.05) is 0 Å². The summed E-state index contributed by atoms with van der Waals surface area (Å²) in [5.41, 5.74) is 5.77. The van der Waals surface area contributed by atoms with Gasteiger partial charge in [-0.3, -0.25) is 0 Å². The third kappa shape index (κ3) is 0.174. The van der Waals surface area contributed by atoms with Gasteiger partial charge in [-0.1, -0.05) is 0 Å². The van der Waals surface area contributed by atoms with E-state index in [-0.39, 0.29) is 0 Å². The van der Waals surface area contributed by atoms with Crippen molar-refractivity contribution in [1.82, 2.24) is 0 Å². The van der Waals surface area contributed by atoms with Gasteiger partial charge in [0.25, 0.3) is 0 Å². The molecule has 0 aliphatic carbocycles. The lowest BCUT2D eigenvalue weighted by Gasteiger charge is -1.62. The molecule has 0 radical (unpaired) electrons. The second-order valence-corrected chi connectivity index (χ2v) is 0.364. The largest absolute Gasteiger partial charge is 0.352 e. The molecular weight excluding hydrogens is 56.0 g/mol. The molecule has 0 aromatic rings. The molecule has 0 bridgehead atoms. The van der Waals surface area contributed by atoms with Crippen LogP contribution in [0.1, 0.15) is 0 Å². The van der Waals surface area contributed by atoms with Crippen LogP contribution < -0.4 is 11.5 Å². The molecule has 0 atom stereocenters. The molecule has 24 valence electrons.